The van der Waals surface area contributed by atoms with Crippen molar-refractivity contribution < 1.29 is 9.26 Å². The minimum atomic E-state index is -0.0601. The number of fused-ring (bicyclic) bond motifs is 1. The van der Waals surface area contributed by atoms with Gasteiger partial charge in [0.25, 0.3) is 0 Å². The van der Waals surface area contributed by atoms with E-state index in [1.165, 1.54) is 12.8 Å². The maximum atomic E-state index is 5.77. The maximum absolute atomic E-state index is 5.77. The summed E-state index contributed by atoms with van der Waals surface area (Å²) in [6.45, 7) is 2.80. The van der Waals surface area contributed by atoms with Crippen molar-refractivity contribution in [3.63, 3.8) is 0 Å². The van der Waals surface area contributed by atoms with E-state index < -0.39 is 0 Å². The van der Waals surface area contributed by atoms with E-state index in [9.17, 15) is 0 Å². The second-order valence-corrected chi connectivity index (χ2v) is 4.56. The zero-order valence-electron chi connectivity index (χ0n) is 8.93. The summed E-state index contributed by atoms with van der Waals surface area (Å²) >= 11 is 5.62. The number of alkyl halides is 1. The zero-order chi connectivity index (χ0) is 11.0. The van der Waals surface area contributed by atoms with Crippen LogP contribution < -0.4 is 0 Å². The third-order valence-electron chi connectivity index (χ3n) is 3.28. The molecule has 0 spiro atoms. The van der Waals surface area contributed by atoms with Crippen LogP contribution in [0.1, 0.15) is 30.7 Å². The van der Waals surface area contributed by atoms with Gasteiger partial charge in [-0.15, -0.1) is 11.6 Å². The van der Waals surface area contributed by atoms with E-state index in [0.717, 1.165) is 19.7 Å². The second kappa shape index (κ2) is 4.31. The first-order valence-electron chi connectivity index (χ1n) is 5.61. The Morgan fingerprint density at radius 1 is 1.50 bits per heavy atom. The molecule has 88 valence electrons. The van der Waals surface area contributed by atoms with Crippen molar-refractivity contribution in [2.75, 3.05) is 19.7 Å². The third kappa shape index (κ3) is 1.83. The van der Waals surface area contributed by atoms with Gasteiger partial charge in [0.2, 0.25) is 11.7 Å². The number of hydrogen-bond donors (Lipinski definition) is 0. The minimum absolute atomic E-state index is 0.0601. The van der Waals surface area contributed by atoms with Gasteiger partial charge in [-0.3, -0.25) is 4.90 Å². The largest absolute Gasteiger partial charge is 0.367 e. The number of rotatable bonds is 2. The van der Waals surface area contributed by atoms with Crippen molar-refractivity contribution in [3.05, 3.63) is 11.7 Å². The average Bonchev–Trinajstić information content (AvgIpc) is 2.96. The molecule has 0 amide bonds. The molecule has 16 heavy (non-hydrogen) atoms. The Labute approximate surface area is 98.7 Å². The molecule has 0 N–H and O–H groups in total. The van der Waals surface area contributed by atoms with Gasteiger partial charge in [-0.25, -0.2) is 0 Å². The number of morpholine rings is 1. The molecule has 2 saturated heterocycles. The highest BCUT2D eigenvalue weighted by molar-refractivity contribution is 6.16. The summed E-state index contributed by atoms with van der Waals surface area (Å²) in [4.78, 5) is 6.65. The molecule has 0 radical (unpaired) electrons. The van der Waals surface area contributed by atoms with Crippen LogP contribution in [0.5, 0.6) is 0 Å². The fourth-order valence-corrected chi connectivity index (χ4v) is 2.54. The molecular formula is C10H14ClN3O2. The fraction of sp³-hybridized carbons (Fsp3) is 0.800. The van der Waals surface area contributed by atoms with Gasteiger partial charge in [-0.05, 0) is 19.4 Å². The lowest BCUT2D eigenvalue weighted by Gasteiger charge is -2.33. The zero-order valence-corrected chi connectivity index (χ0v) is 9.69. The molecule has 1 aromatic heterocycles. The molecule has 1 aromatic rings. The summed E-state index contributed by atoms with van der Waals surface area (Å²) < 4.78 is 10.8. The molecule has 2 atom stereocenters. The third-order valence-corrected chi connectivity index (χ3v) is 3.50. The minimum Gasteiger partial charge on any atom is -0.367 e. The highest BCUT2D eigenvalue weighted by Crippen LogP contribution is 2.28. The van der Waals surface area contributed by atoms with Crippen LogP contribution in [0.25, 0.3) is 0 Å². The summed E-state index contributed by atoms with van der Waals surface area (Å²) in [5.41, 5.74) is 0. The predicted octanol–water partition coefficient (Wildman–Crippen LogP) is 1.34. The van der Waals surface area contributed by atoms with E-state index in [2.05, 4.69) is 15.0 Å². The maximum Gasteiger partial charge on any atom is 0.241 e. The molecule has 3 heterocycles. The van der Waals surface area contributed by atoms with Crippen LogP contribution in [0.15, 0.2) is 4.52 Å². The van der Waals surface area contributed by atoms with E-state index in [1.54, 1.807) is 0 Å². The Kier molecular flexibility index (Phi) is 2.83. The van der Waals surface area contributed by atoms with Gasteiger partial charge >= 0.3 is 0 Å². The van der Waals surface area contributed by atoms with Gasteiger partial charge in [-0.2, -0.15) is 4.98 Å². The number of halogens is 1. The van der Waals surface area contributed by atoms with E-state index in [1.807, 2.05) is 0 Å². The van der Waals surface area contributed by atoms with Crippen LogP contribution in [0, 0.1) is 0 Å². The molecule has 2 aliphatic rings. The van der Waals surface area contributed by atoms with Crippen molar-refractivity contribution >= 4 is 11.6 Å². The Morgan fingerprint density at radius 2 is 2.44 bits per heavy atom. The first kappa shape index (κ1) is 10.5. The van der Waals surface area contributed by atoms with Crippen molar-refractivity contribution in [1.29, 1.82) is 0 Å². The number of ether oxygens (including phenoxy) is 1. The number of hydrogen-bond acceptors (Lipinski definition) is 5. The van der Waals surface area contributed by atoms with Crippen molar-refractivity contribution in [1.82, 2.24) is 15.0 Å². The van der Waals surface area contributed by atoms with Crippen LogP contribution in [0.4, 0.5) is 0 Å². The highest BCUT2D eigenvalue weighted by atomic mass is 35.5. The van der Waals surface area contributed by atoms with Crippen LogP contribution in [0.2, 0.25) is 0 Å². The first-order valence-corrected chi connectivity index (χ1v) is 6.14. The first-order chi connectivity index (χ1) is 7.86. The smallest absolute Gasteiger partial charge is 0.241 e. The summed E-state index contributed by atoms with van der Waals surface area (Å²) in [6.07, 6.45) is 2.45. The summed E-state index contributed by atoms with van der Waals surface area (Å²) in [6, 6.07) is 0.593. The molecule has 5 nitrogen and oxygen atoms in total. The SMILES string of the molecule is ClCc1nc([C@H]2CN3CCC[C@H]3CO2)no1. The van der Waals surface area contributed by atoms with Crippen LogP contribution >= 0.6 is 11.6 Å². The van der Waals surface area contributed by atoms with Gasteiger partial charge < -0.3 is 9.26 Å². The molecule has 0 aromatic carbocycles. The van der Waals surface area contributed by atoms with Gasteiger partial charge in [0, 0.05) is 12.6 Å². The average molecular weight is 244 g/mol. The van der Waals surface area contributed by atoms with Crippen LogP contribution in [-0.4, -0.2) is 40.8 Å². The van der Waals surface area contributed by atoms with E-state index in [4.69, 9.17) is 20.9 Å². The summed E-state index contributed by atoms with van der Waals surface area (Å²) in [5.74, 6) is 1.34. The van der Waals surface area contributed by atoms with Crippen molar-refractivity contribution in [2.45, 2.75) is 30.9 Å². The Balaban J connectivity index is 1.71. The Bertz CT molecular complexity index is 371. The molecule has 0 bridgehead atoms. The normalized spacial score (nSPS) is 30.6. The monoisotopic (exact) mass is 243 g/mol. The van der Waals surface area contributed by atoms with Crippen molar-refractivity contribution in [2.24, 2.45) is 0 Å². The lowest BCUT2D eigenvalue weighted by atomic mass is 10.2. The molecule has 2 fully saturated rings. The fourth-order valence-electron chi connectivity index (χ4n) is 2.43. The van der Waals surface area contributed by atoms with Gasteiger partial charge in [0.1, 0.15) is 12.0 Å². The van der Waals surface area contributed by atoms with Gasteiger partial charge in [-0.1, -0.05) is 5.16 Å². The molecule has 0 aliphatic carbocycles. The van der Waals surface area contributed by atoms with E-state index in [0.29, 0.717) is 17.8 Å². The Hall–Kier alpha value is -0.650. The van der Waals surface area contributed by atoms with E-state index in [-0.39, 0.29) is 12.0 Å². The second-order valence-electron chi connectivity index (χ2n) is 4.29. The lowest BCUT2D eigenvalue weighted by Crippen LogP contribution is -2.42. The number of nitrogens with zero attached hydrogens (tertiary/aromatic N) is 3. The van der Waals surface area contributed by atoms with Crippen LogP contribution in [-0.2, 0) is 10.6 Å². The standard InChI is InChI=1S/C10H14ClN3O2/c11-4-9-12-10(13-16-9)8-5-14-3-1-2-7(14)6-15-8/h7-8H,1-6H2/t7-,8+/m0/s1. The van der Waals surface area contributed by atoms with Crippen molar-refractivity contribution in [3.8, 4) is 0 Å². The Morgan fingerprint density at radius 3 is 3.25 bits per heavy atom. The molecule has 0 saturated carbocycles. The summed E-state index contributed by atoms with van der Waals surface area (Å²) in [7, 11) is 0. The quantitative estimate of drug-likeness (QED) is 0.734. The number of aromatic nitrogens is 2. The molecule has 0 unspecified atom stereocenters. The van der Waals surface area contributed by atoms with Gasteiger partial charge in [0.15, 0.2) is 0 Å². The van der Waals surface area contributed by atoms with E-state index >= 15 is 0 Å². The molecule has 6 heteroatoms. The molecule has 2 aliphatic heterocycles. The van der Waals surface area contributed by atoms with Gasteiger partial charge in [0.05, 0.1) is 6.61 Å². The highest BCUT2D eigenvalue weighted by Gasteiger charge is 2.34. The topological polar surface area (TPSA) is 51.4 Å². The predicted molar refractivity (Wildman–Crippen MR) is 57.1 cm³/mol. The summed E-state index contributed by atoms with van der Waals surface area (Å²) in [5, 5.41) is 3.90. The molecular weight excluding hydrogens is 230 g/mol. The molecule has 3 rings (SSSR count). The lowest BCUT2D eigenvalue weighted by molar-refractivity contribution is -0.0548. The van der Waals surface area contributed by atoms with Crippen LogP contribution in [0.3, 0.4) is 0 Å².